The number of benzene rings is 1. The van der Waals surface area contributed by atoms with Gasteiger partial charge in [-0.1, -0.05) is 46.0 Å². The number of Topliss-reactive ketones (excluding diaryl/α,β-unsaturated/α-hetero) is 1. The number of allylic oxidation sites excluding steroid dienone is 4. The van der Waals surface area contributed by atoms with Crippen LogP contribution in [0, 0.1) is 11.8 Å². The van der Waals surface area contributed by atoms with Crippen LogP contribution in [0.15, 0.2) is 50.5 Å². The molecule has 2 heterocycles. The van der Waals surface area contributed by atoms with Crippen molar-refractivity contribution in [2.45, 2.75) is 96.4 Å². The number of imidazole rings is 1. The molecule has 2 aliphatic carbocycles. The number of ketones is 1. The number of hydrogen-bond donors (Lipinski definition) is 1. The fourth-order valence-electron chi connectivity index (χ4n) is 6.43. The first kappa shape index (κ1) is 24.7. The topological polar surface area (TPSA) is 58.1 Å². The molecule has 0 bridgehead atoms. The molecule has 35 heavy (non-hydrogen) atoms. The number of aromatic amines is 1. The zero-order chi connectivity index (χ0) is 24.4. The lowest BCUT2D eigenvalue weighted by atomic mass is 9.81. The van der Waals surface area contributed by atoms with Gasteiger partial charge in [-0.3, -0.25) is 4.99 Å². The Hall–Kier alpha value is -2.01. The van der Waals surface area contributed by atoms with Crippen molar-refractivity contribution in [3.63, 3.8) is 0 Å². The summed E-state index contributed by atoms with van der Waals surface area (Å²) in [4.78, 5) is 25.1. The van der Waals surface area contributed by atoms with Crippen LogP contribution in [0.3, 0.4) is 0 Å². The molecule has 1 N–H and O–H groups in total. The van der Waals surface area contributed by atoms with Gasteiger partial charge in [0, 0.05) is 17.1 Å². The minimum atomic E-state index is -0.305. The smallest absolute Gasteiger partial charge is 0.134 e. The van der Waals surface area contributed by atoms with Crippen molar-refractivity contribution in [2.75, 3.05) is 0 Å². The molecule has 1 aliphatic heterocycles. The summed E-state index contributed by atoms with van der Waals surface area (Å²) in [5.41, 5.74) is 6.47. The van der Waals surface area contributed by atoms with Crippen LogP contribution in [0.4, 0.5) is 0 Å². The monoisotopic (exact) mass is 535 g/mol. The molecule has 3 atom stereocenters. The number of rotatable bonds is 4. The number of H-pyrrole nitrogens is 1. The van der Waals surface area contributed by atoms with Crippen LogP contribution in [-0.2, 0) is 10.3 Å². The molecule has 3 unspecified atom stereocenters. The van der Waals surface area contributed by atoms with E-state index >= 15 is 0 Å². The zero-order valence-corrected chi connectivity index (χ0v) is 22.8. The summed E-state index contributed by atoms with van der Waals surface area (Å²) in [6.07, 6.45) is 18.5. The maximum atomic E-state index is 11.6. The molecule has 0 radical (unpaired) electrons. The average Bonchev–Trinajstić information content (AvgIpc) is 2.98. The number of fused-ring (bicyclic) bond motifs is 1. The van der Waals surface area contributed by atoms with E-state index in [1.165, 1.54) is 50.5 Å². The third kappa shape index (κ3) is 5.71. The lowest BCUT2D eigenvalue weighted by molar-refractivity contribution is -0.118. The maximum Gasteiger partial charge on any atom is 0.134 e. The van der Waals surface area contributed by atoms with E-state index in [2.05, 4.69) is 52.3 Å². The number of carbonyl (C=O) groups is 1. The van der Waals surface area contributed by atoms with Crippen molar-refractivity contribution < 1.29 is 4.79 Å². The van der Waals surface area contributed by atoms with Crippen LogP contribution >= 0.6 is 15.9 Å². The summed E-state index contributed by atoms with van der Waals surface area (Å²) in [5.74, 6) is 2.67. The highest BCUT2D eigenvalue weighted by Gasteiger charge is 2.31. The van der Waals surface area contributed by atoms with Crippen molar-refractivity contribution in [3.05, 3.63) is 51.3 Å². The lowest BCUT2D eigenvalue weighted by Crippen LogP contribution is -2.20. The number of nitrogens with zero attached hydrogens (tertiary/aromatic N) is 2. The second-order valence-corrected chi connectivity index (χ2v) is 12.1. The van der Waals surface area contributed by atoms with Crippen LogP contribution in [-0.4, -0.2) is 22.0 Å². The number of halogens is 1. The molecule has 2 aromatic rings. The van der Waals surface area contributed by atoms with Crippen molar-refractivity contribution in [3.8, 4) is 0 Å². The number of carbonyl (C=O) groups excluding carboxylic acids is 1. The van der Waals surface area contributed by atoms with Gasteiger partial charge in [0.1, 0.15) is 17.1 Å². The average molecular weight is 537 g/mol. The molecule has 5 rings (SSSR count). The molecule has 4 nitrogen and oxygen atoms in total. The van der Waals surface area contributed by atoms with Crippen LogP contribution < -0.4 is 0 Å². The van der Waals surface area contributed by atoms with E-state index in [1.54, 1.807) is 18.1 Å². The summed E-state index contributed by atoms with van der Waals surface area (Å²) in [6.45, 7) is 3.96. The second kappa shape index (κ2) is 10.5. The molecule has 186 valence electrons. The van der Waals surface area contributed by atoms with E-state index in [4.69, 9.17) is 9.98 Å². The number of aliphatic imine (C=N–C) groups is 1. The van der Waals surface area contributed by atoms with E-state index in [1.807, 2.05) is 6.07 Å². The van der Waals surface area contributed by atoms with Crippen LogP contribution in [0.5, 0.6) is 0 Å². The number of aromatic nitrogens is 2. The molecule has 3 aliphatic rings. The summed E-state index contributed by atoms with van der Waals surface area (Å²) < 4.78 is 1.06. The molecule has 0 amide bonds. The van der Waals surface area contributed by atoms with Gasteiger partial charge in [0.15, 0.2) is 0 Å². The number of hydrogen-bond acceptors (Lipinski definition) is 3. The van der Waals surface area contributed by atoms with Crippen LogP contribution in [0.2, 0.25) is 0 Å². The van der Waals surface area contributed by atoms with E-state index in [-0.39, 0.29) is 5.54 Å². The molecule has 1 aromatic carbocycles. The van der Waals surface area contributed by atoms with Crippen molar-refractivity contribution in [1.82, 2.24) is 9.97 Å². The first-order chi connectivity index (χ1) is 16.9. The third-order valence-electron chi connectivity index (χ3n) is 8.54. The largest absolute Gasteiger partial charge is 0.340 e. The molecule has 0 saturated heterocycles. The highest BCUT2D eigenvalue weighted by atomic mass is 79.9. The fraction of sp³-hybridized carbons (Fsp3) is 0.567. The summed E-state index contributed by atoms with van der Waals surface area (Å²) >= 11 is 3.56. The van der Waals surface area contributed by atoms with Gasteiger partial charge in [-0.2, -0.15) is 0 Å². The van der Waals surface area contributed by atoms with Gasteiger partial charge in [-0.25, -0.2) is 4.98 Å². The van der Waals surface area contributed by atoms with Gasteiger partial charge in [0.25, 0.3) is 0 Å². The van der Waals surface area contributed by atoms with Gasteiger partial charge in [-0.05, 0) is 107 Å². The molecule has 1 saturated carbocycles. The Morgan fingerprint density at radius 2 is 2.03 bits per heavy atom. The Balaban J connectivity index is 1.27. The minimum absolute atomic E-state index is 0.305. The predicted octanol–water partition coefficient (Wildman–Crippen LogP) is 8.38. The summed E-state index contributed by atoms with van der Waals surface area (Å²) in [7, 11) is 0. The molecule has 1 fully saturated rings. The number of nitrogens with one attached hydrogen (secondary N) is 1. The Morgan fingerprint density at radius 1 is 1.14 bits per heavy atom. The van der Waals surface area contributed by atoms with Crippen molar-refractivity contribution in [2.24, 2.45) is 16.8 Å². The SMILES string of the molecule is CC(=O)CC1CCCC(C2=CC/C(=C3\C=NC(C)(c4nc5ccc(Br)cc5[nH]4)CCC3)CC2)CC1. The highest BCUT2D eigenvalue weighted by molar-refractivity contribution is 9.10. The van der Waals surface area contributed by atoms with Crippen LogP contribution in [0.1, 0.15) is 96.7 Å². The first-order valence-electron chi connectivity index (χ1n) is 13.5. The molecule has 0 spiro atoms. The highest BCUT2D eigenvalue weighted by Crippen LogP contribution is 2.40. The van der Waals surface area contributed by atoms with Gasteiger partial charge >= 0.3 is 0 Å². The van der Waals surface area contributed by atoms with Gasteiger partial charge < -0.3 is 9.78 Å². The Bertz CT molecular complexity index is 1190. The zero-order valence-electron chi connectivity index (χ0n) is 21.2. The fourth-order valence-corrected chi connectivity index (χ4v) is 6.79. The van der Waals surface area contributed by atoms with Crippen molar-refractivity contribution >= 4 is 39.0 Å². The molecular weight excluding hydrogens is 498 g/mol. The van der Waals surface area contributed by atoms with Gasteiger partial charge in [-0.15, -0.1) is 0 Å². The molecular formula is C30H38BrN3O. The van der Waals surface area contributed by atoms with E-state index in [9.17, 15) is 4.79 Å². The normalized spacial score (nSPS) is 30.1. The second-order valence-electron chi connectivity index (χ2n) is 11.2. The van der Waals surface area contributed by atoms with Gasteiger partial charge in [0.2, 0.25) is 0 Å². The van der Waals surface area contributed by atoms with Gasteiger partial charge in [0.05, 0.1) is 11.0 Å². The molecule has 5 heteroatoms. The minimum Gasteiger partial charge on any atom is -0.340 e. The maximum absolute atomic E-state index is 11.6. The van der Waals surface area contributed by atoms with Crippen molar-refractivity contribution in [1.29, 1.82) is 0 Å². The standard InChI is InChI=1S/C30H38BrN3O/c1-20(35)17-21-5-3-6-22(9-8-21)23-10-12-24(13-11-23)25-7-4-16-30(2,32-19-25)29-33-27-15-14-26(31)18-28(27)34-29/h10,14-15,18-19,21-22H,3-9,11-13,16-17H2,1-2H3,(H,33,34)/b25-24+. The Kier molecular flexibility index (Phi) is 7.43. The van der Waals surface area contributed by atoms with E-state index in [0.29, 0.717) is 11.7 Å². The molecule has 1 aromatic heterocycles. The summed E-state index contributed by atoms with van der Waals surface area (Å²) in [6, 6.07) is 6.19. The third-order valence-corrected chi connectivity index (χ3v) is 9.03. The predicted molar refractivity (Wildman–Crippen MR) is 148 cm³/mol. The first-order valence-corrected chi connectivity index (χ1v) is 14.3. The Labute approximate surface area is 217 Å². The Morgan fingerprint density at radius 3 is 2.83 bits per heavy atom. The van der Waals surface area contributed by atoms with E-state index < -0.39 is 0 Å². The van der Waals surface area contributed by atoms with Crippen LogP contribution in [0.25, 0.3) is 11.0 Å². The quantitative estimate of drug-likeness (QED) is 0.315. The summed E-state index contributed by atoms with van der Waals surface area (Å²) in [5, 5.41) is 0. The lowest BCUT2D eigenvalue weighted by Gasteiger charge is -2.24. The van der Waals surface area contributed by atoms with E-state index in [0.717, 1.165) is 59.4 Å².